The molecule has 1 amide bonds. The zero-order chi connectivity index (χ0) is 21.6. The Labute approximate surface area is 181 Å². The highest BCUT2D eigenvalue weighted by Crippen LogP contribution is 2.34. The predicted octanol–water partition coefficient (Wildman–Crippen LogP) is 5.23. The Balaban J connectivity index is 1.46. The molecule has 0 aromatic heterocycles. The first-order valence-electron chi connectivity index (χ1n) is 10.6. The molecule has 0 bridgehead atoms. The average molecular weight is 421 g/mol. The van der Waals surface area contributed by atoms with Gasteiger partial charge in [-0.2, -0.15) is 0 Å². The van der Waals surface area contributed by atoms with E-state index in [4.69, 9.17) is 0 Å². The minimum Gasteiger partial charge on any atom is -0.352 e. The molecule has 160 valence electrons. The van der Waals surface area contributed by atoms with Gasteiger partial charge in [0.05, 0.1) is 5.92 Å². The van der Waals surface area contributed by atoms with Crippen LogP contribution in [-0.4, -0.2) is 17.4 Å². The second-order valence-electron chi connectivity index (χ2n) is 8.07. The number of hydrogen-bond donors (Lipinski definition) is 1. The largest absolute Gasteiger partial charge is 0.352 e. The van der Waals surface area contributed by atoms with Gasteiger partial charge in [0.2, 0.25) is 5.91 Å². The molecule has 4 rings (SSSR count). The van der Waals surface area contributed by atoms with Crippen molar-refractivity contribution in [1.82, 2.24) is 10.2 Å². The van der Waals surface area contributed by atoms with Gasteiger partial charge >= 0.3 is 0 Å². The third-order valence-corrected chi connectivity index (χ3v) is 5.95. The normalized spacial score (nSPS) is 19.2. The molecule has 1 aliphatic heterocycles. The van der Waals surface area contributed by atoms with Crippen molar-refractivity contribution in [2.45, 2.75) is 32.0 Å². The quantitative estimate of drug-likeness (QED) is 0.592. The maximum atomic E-state index is 13.9. The highest BCUT2D eigenvalue weighted by atomic mass is 19.1. The lowest BCUT2D eigenvalue weighted by Crippen LogP contribution is -2.44. The molecule has 1 fully saturated rings. The van der Waals surface area contributed by atoms with Crippen molar-refractivity contribution in [1.29, 1.82) is 0 Å². The van der Waals surface area contributed by atoms with Crippen LogP contribution < -0.4 is 5.32 Å². The van der Waals surface area contributed by atoms with E-state index in [1.165, 1.54) is 23.8 Å². The second-order valence-corrected chi connectivity index (χ2v) is 8.07. The van der Waals surface area contributed by atoms with Crippen molar-refractivity contribution in [3.05, 3.63) is 107 Å². The summed E-state index contributed by atoms with van der Waals surface area (Å²) in [6.07, 6.45) is 1.62. The van der Waals surface area contributed by atoms with E-state index in [-0.39, 0.29) is 36.0 Å². The van der Waals surface area contributed by atoms with E-state index < -0.39 is 0 Å². The molecule has 2 atom stereocenters. The molecular weight excluding hydrogens is 394 g/mol. The van der Waals surface area contributed by atoms with E-state index in [1.807, 2.05) is 18.2 Å². The minimum atomic E-state index is -0.312. The lowest BCUT2D eigenvalue weighted by atomic mass is 9.88. The monoisotopic (exact) mass is 420 g/mol. The molecule has 1 saturated heterocycles. The molecule has 31 heavy (non-hydrogen) atoms. The van der Waals surface area contributed by atoms with Gasteiger partial charge < -0.3 is 5.32 Å². The average Bonchev–Trinajstić information content (AvgIpc) is 2.80. The summed E-state index contributed by atoms with van der Waals surface area (Å²) >= 11 is 0. The van der Waals surface area contributed by atoms with Gasteiger partial charge in [0.1, 0.15) is 11.6 Å². The third-order valence-electron chi connectivity index (χ3n) is 5.95. The standard InChI is InChI=1S/C26H26F2N2O/c27-23-13-10-19(11-14-23)17-30-18-22(12-15-25(30)20-6-2-1-3-7-20)26(31)29-16-21-8-4-5-9-24(21)28/h1-11,13-14,22,25H,12,15-18H2,(H,29,31)/t22-,25-/m1/s1. The van der Waals surface area contributed by atoms with Gasteiger partial charge in [-0.25, -0.2) is 8.78 Å². The molecule has 0 spiro atoms. The summed E-state index contributed by atoms with van der Waals surface area (Å²) in [5, 5.41) is 2.90. The van der Waals surface area contributed by atoms with Gasteiger partial charge in [-0.3, -0.25) is 9.69 Å². The van der Waals surface area contributed by atoms with Crippen LogP contribution in [0, 0.1) is 17.6 Å². The van der Waals surface area contributed by atoms with E-state index in [9.17, 15) is 13.6 Å². The first kappa shape index (κ1) is 21.2. The molecule has 0 aliphatic carbocycles. The first-order valence-corrected chi connectivity index (χ1v) is 10.6. The zero-order valence-corrected chi connectivity index (χ0v) is 17.3. The second kappa shape index (κ2) is 9.84. The van der Waals surface area contributed by atoms with Crippen molar-refractivity contribution in [2.24, 2.45) is 5.92 Å². The first-order chi connectivity index (χ1) is 15.1. The summed E-state index contributed by atoms with van der Waals surface area (Å²) in [5.74, 6) is -0.799. The molecule has 1 heterocycles. The van der Waals surface area contributed by atoms with Crippen LogP contribution in [0.25, 0.3) is 0 Å². The van der Waals surface area contributed by atoms with Crippen molar-refractivity contribution in [3.63, 3.8) is 0 Å². The maximum absolute atomic E-state index is 13.9. The Morgan fingerprint density at radius 2 is 1.61 bits per heavy atom. The fourth-order valence-electron chi connectivity index (χ4n) is 4.28. The number of amides is 1. The van der Waals surface area contributed by atoms with Crippen molar-refractivity contribution < 1.29 is 13.6 Å². The molecule has 1 N–H and O–H groups in total. The molecule has 0 radical (unpaired) electrons. The van der Waals surface area contributed by atoms with Gasteiger partial charge in [-0.05, 0) is 42.2 Å². The Hall–Kier alpha value is -3.05. The van der Waals surface area contributed by atoms with Crippen molar-refractivity contribution >= 4 is 5.91 Å². The molecule has 0 saturated carbocycles. The number of piperidine rings is 1. The van der Waals surface area contributed by atoms with E-state index in [1.54, 1.807) is 30.3 Å². The SMILES string of the molecule is O=C(NCc1ccccc1F)[C@@H]1CC[C@H](c2ccccc2)N(Cc2ccc(F)cc2)C1. The zero-order valence-electron chi connectivity index (χ0n) is 17.3. The number of rotatable bonds is 6. The number of nitrogens with zero attached hydrogens (tertiary/aromatic N) is 1. The minimum absolute atomic E-state index is 0.0566. The van der Waals surface area contributed by atoms with Crippen LogP contribution in [0.15, 0.2) is 78.9 Å². The number of halogens is 2. The molecule has 3 aromatic rings. The number of carbonyl (C=O) groups excluding carboxylic acids is 1. The Bertz CT molecular complexity index is 1010. The number of benzene rings is 3. The predicted molar refractivity (Wildman–Crippen MR) is 117 cm³/mol. The molecule has 0 unspecified atom stereocenters. The number of nitrogens with one attached hydrogen (secondary N) is 1. The summed E-state index contributed by atoms with van der Waals surface area (Å²) in [6, 6.07) is 23.5. The molecule has 3 aromatic carbocycles. The highest BCUT2D eigenvalue weighted by Gasteiger charge is 2.32. The topological polar surface area (TPSA) is 32.3 Å². The summed E-state index contributed by atoms with van der Waals surface area (Å²) in [7, 11) is 0. The maximum Gasteiger partial charge on any atom is 0.224 e. The Morgan fingerprint density at radius 1 is 0.903 bits per heavy atom. The Morgan fingerprint density at radius 3 is 2.35 bits per heavy atom. The number of likely N-dealkylation sites (tertiary alicyclic amines) is 1. The third kappa shape index (κ3) is 5.36. The van der Waals surface area contributed by atoms with Crippen molar-refractivity contribution in [3.8, 4) is 0 Å². The summed E-state index contributed by atoms with van der Waals surface area (Å²) in [4.78, 5) is 15.1. The molecule has 5 heteroatoms. The van der Waals surface area contributed by atoms with E-state index >= 15 is 0 Å². The Kier molecular flexibility index (Phi) is 6.73. The van der Waals surface area contributed by atoms with Gasteiger partial charge in [0.15, 0.2) is 0 Å². The summed E-state index contributed by atoms with van der Waals surface area (Å²) < 4.78 is 27.2. The van der Waals surface area contributed by atoms with Gasteiger partial charge in [0.25, 0.3) is 0 Å². The van der Waals surface area contributed by atoms with Crippen molar-refractivity contribution in [2.75, 3.05) is 6.54 Å². The molecule has 1 aliphatic rings. The van der Waals surface area contributed by atoms with Crippen LogP contribution in [0.2, 0.25) is 0 Å². The van der Waals surface area contributed by atoms with E-state index in [0.717, 1.165) is 18.4 Å². The van der Waals surface area contributed by atoms with Crippen LogP contribution in [0.3, 0.4) is 0 Å². The van der Waals surface area contributed by atoms with Crippen LogP contribution in [-0.2, 0) is 17.9 Å². The fourth-order valence-corrected chi connectivity index (χ4v) is 4.28. The van der Waals surface area contributed by atoms with Crippen LogP contribution >= 0.6 is 0 Å². The van der Waals surface area contributed by atoms with E-state index in [2.05, 4.69) is 22.3 Å². The lowest BCUT2D eigenvalue weighted by molar-refractivity contribution is -0.127. The molecule has 3 nitrogen and oxygen atoms in total. The molecular formula is C26H26F2N2O. The fraction of sp³-hybridized carbons (Fsp3) is 0.269. The van der Waals surface area contributed by atoms with Gasteiger partial charge in [0, 0.05) is 31.2 Å². The van der Waals surface area contributed by atoms with Crippen LogP contribution in [0.1, 0.15) is 35.6 Å². The summed E-state index contributed by atoms with van der Waals surface area (Å²) in [5.41, 5.74) is 2.71. The van der Waals surface area contributed by atoms with Crippen LogP contribution in [0.5, 0.6) is 0 Å². The highest BCUT2D eigenvalue weighted by molar-refractivity contribution is 5.79. The van der Waals surface area contributed by atoms with Crippen LogP contribution in [0.4, 0.5) is 8.78 Å². The van der Waals surface area contributed by atoms with E-state index in [0.29, 0.717) is 18.7 Å². The van der Waals surface area contributed by atoms with Gasteiger partial charge in [-0.1, -0.05) is 60.7 Å². The van der Waals surface area contributed by atoms with Gasteiger partial charge in [-0.15, -0.1) is 0 Å². The number of carbonyl (C=O) groups is 1. The number of hydrogen-bond acceptors (Lipinski definition) is 2. The lowest BCUT2D eigenvalue weighted by Gasteiger charge is -2.39. The summed E-state index contributed by atoms with van der Waals surface area (Å²) in [6.45, 7) is 1.42. The smallest absolute Gasteiger partial charge is 0.224 e.